The molecular weight excluding hydrogens is 284 g/mol. The minimum Gasteiger partial charge on any atom is -0.508 e. The fraction of sp³-hybridized carbons (Fsp3) is 0. The molecule has 0 aliphatic heterocycles. The van der Waals surface area contributed by atoms with Crippen LogP contribution in [-0.4, -0.2) is 22.0 Å². The van der Waals surface area contributed by atoms with E-state index in [0.717, 1.165) is 0 Å². The van der Waals surface area contributed by atoms with Gasteiger partial charge in [0.2, 0.25) is 11.8 Å². The van der Waals surface area contributed by atoms with E-state index in [2.05, 4.69) is 0 Å². The summed E-state index contributed by atoms with van der Waals surface area (Å²) in [5, 5.41) is 18.6. The van der Waals surface area contributed by atoms with Crippen molar-refractivity contribution in [3.63, 3.8) is 0 Å². The molecular formula is C16H14N2O4. The molecule has 112 valence electrons. The smallest absolute Gasteiger partial charge is 0.250 e. The third-order valence-electron chi connectivity index (χ3n) is 3.05. The largest absolute Gasteiger partial charge is 0.508 e. The number of hydrogen-bond acceptors (Lipinski definition) is 4. The maximum Gasteiger partial charge on any atom is 0.250 e. The number of carbonyl (C=O) groups is 2. The first-order chi connectivity index (χ1) is 10.4. The van der Waals surface area contributed by atoms with Gasteiger partial charge in [0, 0.05) is 0 Å². The molecule has 0 spiro atoms. The van der Waals surface area contributed by atoms with Gasteiger partial charge in [-0.05, 0) is 35.4 Å². The third-order valence-corrected chi connectivity index (χ3v) is 3.05. The van der Waals surface area contributed by atoms with E-state index in [0.29, 0.717) is 11.1 Å². The number of phenols is 2. The zero-order valence-corrected chi connectivity index (χ0v) is 11.5. The zero-order chi connectivity index (χ0) is 16.3. The van der Waals surface area contributed by atoms with Crippen molar-refractivity contribution >= 4 is 23.0 Å². The lowest BCUT2D eigenvalue weighted by atomic mass is 9.93. The molecule has 2 aromatic carbocycles. The summed E-state index contributed by atoms with van der Waals surface area (Å²) in [6, 6.07) is 11.3. The monoisotopic (exact) mass is 298 g/mol. The SMILES string of the molecule is NC(=O)/C(=C(/C(N)=O)c1ccc(O)cc1)c1ccc(O)cc1. The summed E-state index contributed by atoms with van der Waals surface area (Å²) in [6.45, 7) is 0. The molecule has 0 saturated heterocycles. The fourth-order valence-electron chi connectivity index (χ4n) is 2.08. The number of nitrogens with two attached hydrogens (primary N) is 2. The van der Waals surface area contributed by atoms with Crippen molar-refractivity contribution in [2.45, 2.75) is 0 Å². The second-order valence-electron chi connectivity index (χ2n) is 4.57. The van der Waals surface area contributed by atoms with E-state index in [4.69, 9.17) is 11.5 Å². The van der Waals surface area contributed by atoms with Crippen LogP contribution in [0.5, 0.6) is 11.5 Å². The molecule has 6 nitrogen and oxygen atoms in total. The molecule has 6 N–H and O–H groups in total. The Morgan fingerprint density at radius 1 is 0.636 bits per heavy atom. The lowest BCUT2D eigenvalue weighted by molar-refractivity contribution is -0.114. The van der Waals surface area contributed by atoms with Gasteiger partial charge in [0.25, 0.3) is 0 Å². The zero-order valence-electron chi connectivity index (χ0n) is 11.5. The molecule has 0 fully saturated rings. The van der Waals surface area contributed by atoms with Gasteiger partial charge in [-0.15, -0.1) is 0 Å². The van der Waals surface area contributed by atoms with Gasteiger partial charge < -0.3 is 21.7 Å². The van der Waals surface area contributed by atoms with Crippen molar-refractivity contribution in [2.24, 2.45) is 11.5 Å². The minimum absolute atomic E-state index is 0.0119. The summed E-state index contributed by atoms with van der Waals surface area (Å²) in [6.07, 6.45) is 0. The maximum atomic E-state index is 11.8. The summed E-state index contributed by atoms with van der Waals surface area (Å²) in [5.41, 5.74) is 11.4. The van der Waals surface area contributed by atoms with E-state index in [1.165, 1.54) is 48.5 Å². The quantitative estimate of drug-likeness (QED) is 0.495. The van der Waals surface area contributed by atoms with Gasteiger partial charge in [-0.2, -0.15) is 0 Å². The minimum atomic E-state index is -0.826. The van der Waals surface area contributed by atoms with E-state index >= 15 is 0 Å². The number of primary amides is 2. The van der Waals surface area contributed by atoms with E-state index in [1.807, 2.05) is 0 Å². The highest BCUT2D eigenvalue weighted by atomic mass is 16.3. The molecule has 0 saturated carbocycles. The molecule has 0 aromatic heterocycles. The Bertz CT molecular complexity index is 681. The van der Waals surface area contributed by atoms with Crippen LogP contribution in [-0.2, 0) is 9.59 Å². The lowest BCUT2D eigenvalue weighted by Gasteiger charge is -2.11. The topological polar surface area (TPSA) is 127 Å². The van der Waals surface area contributed by atoms with Crippen molar-refractivity contribution in [2.75, 3.05) is 0 Å². The highest BCUT2D eigenvalue weighted by Gasteiger charge is 2.20. The van der Waals surface area contributed by atoms with Gasteiger partial charge in [0.15, 0.2) is 0 Å². The molecule has 2 aromatic rings. The number of benzene rings is 2. The highest BCUT2D eigenvalue weighted by molar-refractivity contribution is 6.39. The van der Waals surface area contributed by atoms with E-state index in [-0.39, 0.29) is 22.6 Å². The van der Waals surface area contributed by atoms with E-state index < -0.39 is 11.8 Å². The van der Waals surface area contributed by atoms with Gasteiger partial charge in [-0.3, -0.25) is 9.59 Å². The van der Waals surface area contributed by atoms with Crippen LogP contribution >= 0.6 is 0 Å². The average Bonchev–Trinajstić information content (AvgIpc) is 2.46. The molecule has 0 heterocycles. The van der Waals surface area contributed by atoms with Gasteiger partial charge in [0.1, 0.15) is 11.5 Å². The van der Waals surface area contributed by atoms with E-state index in [1.54, 1.807) is 0 Å². The Kier molecular flexibility index (Phi) is 4.13. The molecule has 0 atom stereocenters. The Labute approximate surface area is 126 Å². The number of aromatic hydroxyl groups is 2. The van der Waals surface area contributed by atoms with Crippen LogP contribution in [0.25, 0.3) is 11.1 Å². The fourth-order valence-corrected chi connectivity index (χ4v) is 2.08. The number of carbonyl (C=O) groups excluding carboxylic acids is 2. The normalized spacial score (nSPS) is 11.6. The molecule has 0 aliphatic carbocycles. The number of hydrogen-bond donors (Lipinski definition) is 4. The molecule has 0 bridgehead atoms. The first-order valence-corrected chi connectivity index (χ1v) is 6.33. The first-order valence-electron chi connectivity index (χ1n) is 6.33. The summed E-state index contributed by atoms with van der Waals surface area (Å²) < 4.78 is 0. The molecule has 2 rings (SSSR count). The standard InChI is InChI=1S/C16H14N2O4/c17-15(21)13(9-1-5-11(19)6-2-9)14(16(18)22)10-3-7-12(20)8-4-10/h1-8,19-20H,(H2,17,21)(H2,18,22)/b14-13+. The van der Waals surface area contributed by atoms with Crippen LogP contribution in [0.4, 0.5) is 0 Å². The molecule has 0 aliphatic rings. The second kappa shape index (κ2) is 6.01. The average molecular weight is 298 g/mol. The molecule has 2 amide bonds. The predicted octanol–water partition coefficient (Wildman–Crippen LogP) is 0.979. The summed E-state index contributed by atoms with van der Waals surface area (Å²) >= 11 is 0. The van der Waals surface area contributed by atoms with Crippen molar-refractivity contribution in [1.82, 2.24) is 0 Å². The van der Waals surface area contributed by atoms with Crippen LogP contribution in [0.3, 0.4) is 0 Å². The maximum absolute atomic E-state index is 11.8. The summed E-state index contributed by atoms with van der Waals surface area (Å²) in [7, 11) is 0. The number of rotatable bonds is 4. The molecule has 22 heavy (non-hydrogen) atoms. The Balaban J connectivity index is 2.73. The van der Waals surface area contributed by atoms with Gasteiger partial charge in [-0.1, -0.05) is 24.3 Å². The molecule has 0 radical (unpaired) electrons. The summed E-state index contributed by atoms with van der Waals surface area (Å²) in [4.78, 5) is 23.6. The van der Waals surface area contributed by atoms with Crippen LogP contribution in [0.1, 0.15) is 11.1 Å². The number of phenolic OH excluding ortho intramolecular Hbond substituents is 2. The van der Waals surface area contributed by atoms with Crippen molar-refractivity contribution < 1.29 is 19.8 Å². The Hall–Kier alpha value is -3.28. The number of amides is 2. The molecule has 0 unspecified atom stereocenters. The Morgan fingerprint density at radius 2 is 0.909 bits per heavy atom. The molecule has 6 heteroatoms. The van der Waals surface area contributed by atoms with Crippen LogP contribution < -0.4 is 11.5 Å². The predicted molar refractivity (Wildman–Crippen MR) is 81.4 cm³/mol. The van der Waals surface area contributed by atoms with Gasteiger partial charge in [0.05, 0.1) is 11.1 Å². The van der Waals surface area contributed by atoms with Crippen molar-refractivity contribution in [3.8, 4) is 11.5 Å². The second-order valence-corrected chi connectivity index (χ2v) is 4.57. The van der Waals surface area contributed by atoms with Crippen molar-refractivity contribution in [1.29, 1.82) is 0 Å². The summed E-state index contributed by atoms with van der Waals surface area (Å²) in [5.74, 6) is -1.63. The Morgan fingerprint density at radius 3 is 1.14 bits per heavy atom. The first kappa shape index (κ1) is 15.1. The van der Waals surface area contributed by atoms with Gasteiger partial charge >= 0.3 is 0 Å². The van der Waals surface area contributed by atoms with E-state index in [9.17, 15) is 19.8 Å². The van der Waals surface area contributed by atoms with Gasteiger partial charge in [-0.25, -0.2) is 0 Å². The highest BCUT2D eigenvalue weighted by Crippen LogP contribution is 2.28. The van der Waals surface area contributed by atoms with Crippen LogP contribution in [0.2, 0.25) is 0 Å². The van der Waals surface area contributed by atoms with Crippen LogP contribution in [0, 0.1) is 0 Å². The van der Waals surface area contributed by atoms with Crippen molar-refractivity contribution in [3.05, 3.63) is 59.7 Å². The third kappa shape index (κ3) is 3.06. The lowest BCUT2D eigenvalue weighted by Crippen LogP contribution is -2.21. The van der Waals surface area contributed by atoms with Crippen LogP contribution in [0.15, 0.2) is 48.5 Å².